The van der Waals surface area contributed by atoms with Gasteiger partial charge in [-0.3, -0.25) is 9.59 Å². The number of methoxy groups -OCH3 is 1. The van der Waals surface area contributed by atoms with Gasteiger partial charge in [0.05, 0.1) is 20.1 Å². The lowest BCUT2D eigenvalue weighted by molar-refractivity contribution is -0.142. The van der Waals surface area contributed by atoms with E-state index >= 15 is 0 Å². The van der Waals surface area contributed by atoms with Gasteiger partial charge in [0.25, 0.3) is 0 Å². The molecule has 0 aromatic heterocycles. The average Bonchev–Trinajstić information content (AvgIpc) is 2.68. The van der Waals surface area contributed by atoms with Crippen molar-refractivity contribution in [3.63, 3.8) is 0 Å². The number of fused-ring (bicyclic) bond motifs is 1. The second-order valence-electron chi connectivity index (χ2n) is 5.86. The molecular formula is C22H20O4. The largest absolute Gasteiger partial charge is 0.497 e. The van der Waals surface area contributed by atoms with E-state index in [0.717, 1.165) is 16.5 Å². The van der Waals surface area contributed by atoms with E-state index in [0.29, 0.717) is 23.3 Å². The minimum absolute atomic E-state index is 0.0470. The summed E-state index contributed by atoms with van der Waals surface area (Å²) in [5.74, 6) is 0.266. The van der Waals surface area contributed by atoms with Gasteiger partial charge in [-0.25, -0.2) is 0 Å². The van der Waals surface area contributed by atoms with E-state index in [1.807, 2.05) is 42.5 Å². The number of carbonyl (C=O) groups is 2. The second kappa shape index (κ2) is 7.83. The van der Waals surface area contributed by atoms with Crippen LogP contribution in [0.1, 0.15) is 28.4 Å². The van der Waals surface area contributed by atoms with Crippen LogP contribution in [0.5, 0.6) is 5.75 Å². The minimum atomic E-state index is -0.349. The zero-order chi connectivity index (χ0) is 18.5. The van der Waals surface area contributed by atoms with Crippen molar-refractivity contribution in [3.05, 3.63) is 77.4 Å². The summed E-state index contributed by atoms with van der Waals surface area (Å²) >= 11 is 0. The standard InChI is InChI=1S/C22H20O4/c1-3-26-21(23)14-20-18-12-10-17(25-2)13-16(18)9-11-19(20)22(24)15-7-5-4-6-8-15/h4-13H,3,14H2,1-2H3. The van der Waals surface area contributed by atoms with Crippen LogP contribution < -0.4 is 4.74 Å². The Hall–Kier alpha value is -3.14. The van der Waals surface area contributed by atoms with E-state index in [1.165, 1.54) is 0 Å². The monoisotopic (exact) mass is 348 g/mol. The maximum absolute atomic E-state index is 13.0. The van der Waals surface area contributed by atoms with Crippen molar-refractivity contribution in [2.45, 2.75) is 13.3 Å². The molecule has 3 aromatic carbocycles. The number of hydrogen-bond acceptors (Lipinski definition) is 4. The minimum Gasteiger partial charge on any atom is -0.497 e. The molecule has 0 saturated carbocycles. The van der Waals surface area contributed by atoms with Gasteiger partial charge < -0.3 is 9.47 Å². The summed E-state index contributed by atoms with van der Waals surface area (Å²) in [5.41, 5.74) is 1.78. The number of hydrogen-bond donors (Lipinski definition) is 0. The molecule has 132 valence electrons. The first-order chi connectivity index (χ1) is 12.6. The number of rotatable bonds is 6. The lowest BCUT2D eigenvalue weighted by atomic mass is 9.91. The molecule has 4 nitrogen and oxygen atoms in total. The number of carbonyl (C=O) groups excluding carboxylic acids is 2. The Morgan fingerprint density at radius 2 is 1.73 bits per heavy atom. The van der Waals surface area contributed by atoms with Gasteiger partial charge in [-0.2, -0.15) is 0 Å². The van der Waals surface area contributed by atoms with E-state index in [1.54, 1.807) is 32.2 Å². The first-order valence-corrected chi connectivity index (χ1v) is 8.49. The third-order valence-electron chi connectivity index (χ3n) is 4.25. The molecule has 0 bridgehead atoms. The highest BCUT2D eigenvalue weighted by molar-refractivity contribution is 6.13. The third kappa shape index (κ3) is 3.59. The van der Waals surface area contributed by atoms with Gasteiger partial charge in [0.1, 0.15) is 5.75 Å². The zero-order valence-electron chi connectivity index (χ0n) is 14.8. The van der Waals surface area contributed by atoms with Crippen molar-refractivity contribution in [3.8, 4) is 5.75 Å². The second-order valence-corrected chi connectivity index (χ2v) is 5.86. The molecule has 0 saturated heterocycles. The van der Waals surface area contributed by atoms with Crippen molar-refractivity contribution in [2.75, 3.05) is 13.7 Å². The molecule has 0 aliphatic rings. The van der Waals surface area contributed by atoms with Gasteiger partial charge in [-0.15, -0.1) is 0 Å². The van der Waals surface area contributed by atoms with Crippen LogP contribution in [0.2, 0.25) is 0 Å². The quantitative estimate of drug-likeness (QED) is 0.495. The Morgan fingerprint density at radius 1 is 0.962 bits per heavy atom. The summed E-state index contributed by atoms with van der Waals surface area (Å²) in [5, 5.41) is 1.76. The van der Waals surface area contributed by atoms with Crippen LogP contribution in [-0.2, 0) is 16.0 Å². The zero-order valence-corrected chi connectivity index (χ0v) is 14.8. The first-order valence-electron chi connectivity index (χ1n) is 8.49. The van der Waals surface area contributed by atoms with Crippen molar-refractivity contribution >= 4 is 22.5 Å². The predicted octanol–water partition coefficient (Wildman–Crippen LogP) is 4.19. The van der Waals surface area contributed by atoms with Crippen molar-refractivity contribution < 1.29 is 19.1 Å². The molecule has 0 N–H and O–H groups in total. The van der Waals surface area contributed by atoms with Crippen LogP contribution in [-0.4, -0.2) is 25.5 Å². The van der Waals surface area contributed by atoms with Crippen LogP contribution in [0.15, 0.2) is 60.7 Å². The summed E-state index contributed by atoms with van der Waals surface area (Å²) in [6.07, 6.45) is 0.0470. The molecule has 0 amide bonds. The van der Waals surface area contributed by atoms with Gasteiger partial charge in [-0.05, 0) is 35.4 Å². The van der Waals surface area contributed by atoms with E-state index < -0.39 is 0 Å². The molecular weight excluding hydrogens is 328 g/mol. The third-order valence-corrected chi connectivity index (χ3v) is 4.25. The first kappa shape index (κ1) is 17.7. The predicted molar refractivity (Wildman–Crippen MR) is 101 cm³/mol. The molecule has 0 aliphatic heterocycles. The maximum atomic E-state index is 13.0. The number of esters is 1. The van der Waals surface area contributed by atoms with Gasteiger partial charge in [0.15, 0.2) is 5.78 Å². The highest BCUT2D eigenvalue weighted by atomic mass is 16.5. The molecule has 26 heavy (non-hydrogen) atoms. The summed E-state index contributed by atoms with van der Waals surface area (Å²) < 4.78 is 10.4. The normalized spacial score (nSPS) is 10.5. The van der Waals surface area contributed by atoms with Crippen LogP contribution in [0.25, 0.3) is 10.8 Å². The van der Waals surface area contributed by atoms with Crippen molar-refractivity contribution in [1.29, 1.82) is 0 Å². The summed E-state index contributed by atoms with van der Waals surface area (Å²) in [4.78, 5) is 25.1. The Kier molecular flexibility index (Phi) is 5.32. The lowest BCUT2D eigenvalue weighted by Crippen LogP contribution is -2.13. The molecule has 0 aliphatic carbocycles. The molecule has 0 unspecified atom stereocenters. The molecule has 0 heterocycles. The van der Waals surface area contributed by atoms with Gasteiger partial charge >= 0.3 is 5.97 Å². The van der Waals surface area contributed by atoms with Crippen molar-refractivity contribution in [1.82, 2.24) is 0 Å². The SMILES string of the molecule is CCOC(=O)Cc1c(C(=O)c2ccccc2)ccc2cc(OC)ccc12. The fourth-order valence-corrected chi connectivity index (χ4v) is 3.00. The van der Waals surface area contributed by atoms with Crippen molar-refractivity contribution in [2.24, 2.45) is 0 Å². The van der Waals surface area contributed by atoms with E-state index in [-0.39, 0.29) is 18.2 Å². The Bertz CT molecular complexity index is 945. The van der Waals surface area contributed by atoms with Gasteiger partial charge in [0.2, 0.25) is 0 Å². The van der Waals surface area contributed by atoms with E-state index in [9.17, 15) is 9.59 Å². The lowest BCUT2D eigenvalue weighted by Gasteiger charge is -2.13. The average molecular weight is 348 g/mol. The number of ether oxygens (including phenoxy) is 2. The highest BCUT2D eigenvalue weighted by Crippen LogP contribution is 2.28. The molecule has 4 heteroatoms. The number of ketones is 1. The molecule has 3 aromatic rings. The van der Waals surface area contributed by atoms with Gasteiger partial charge in [0, 0.05) is 11.1 Å². The molecule has 0 radical (unpaired) electrons. The highest BCUT2D eigenvalue weighted by Gasteiger charge is 2.19. The summed E-state index contributed by atoms with van der Waals surface area (Å²) in [6, 6.07) is 18.3. The Balaban J connectivity index is 2.15. The molecule has 0 fully saturated rings. The fraction of sp³-hybridized carbons (Fsp3) is 0.182. The maximum Gasteiger partial charge on any atom is 0.310 e. The summed E-state index contributed by atoms with van der Waals surface area (Å²) in [7, 11) is 1.61. The van der Waals surface area contributed by atoms with Crippen LogP contribution in [0.4, 0.5) is 0 Å². The Morgan fingerprint density at radius 3 is 2.42 bits per heavy atom. The van der Waals surface area contributed by atoms with E-state index in [2.05, 4.69) is 0 Å². The fourth-order valence-electron chi connectivity index (χ4n) is 3.00. The molecule has 0 spiro atoms. The van der Waals surface area contributed by atoms with Crippen LogP contribution in [0, 0.1) is 0 Å². The smallest absolute Gasteiger partial charge is 0.310 e. The van der Waals surface area contributed by atoms with Gasteiger partial charge in [-0.1, -0.05) is 48.5 Å². The van der Waals surface area contributed by atoms with E-state index in [4.69, 9.17) is 9.47 Å². The Labute approximate surface area is 152 Å². The molecule has 0 atom stereocenters. The van der Waals surface area contributed by atoms with Crippen LogP contribution >= 0.6 is 0 Å². The number of benzene rings is 3. The van der Waals surface area contributed by atoms with Crippen LogP contribution in [0.3, 0.4) is 0 Å². The summed E-state index contributed by atoms with van der Waals surface area (Å²) in [6.45, 7) is 2.07. The molecule has 3 rings (SSSR count). The topological polar surface area (TPSA) is 52.6 Å².